The molecule has 4 rings (SSSR count). The maximum atomic E-state index is 13.4. The highest BCUT2D eigenvalue weighted by molar-refractivity contribution is 6.04. The molecule has 0 radical (unpaired) electrons. The van der Waals surface area contributed by atoms with E-state index in [4.69, 9.17) is 4.74 Å². The molecule has 0 aromatic carbocycles. The lowest BCUT2D eigenvalue weighted by atomic mass is 9.39. The summed E-state index contributed by atoms with van der Waals surface area (Å²) in [4.78, 5) is 25.3. The van der Waals surface area contributed by atoms with Crippen molar-refractivity contribution >= 4 is 11.8 Å². The summed E-state index contributed by atoms with van der Waals surface area (Å²) >= 11 is 0. The number of aliphatic hydroxyl groups is 2. The van der Waals surface area contributed by atoms with Crippen LogP contribution in [0.2, 0.25) is 0 Å². The molecule has 4 saturated carbocycles. The highest BCUT2D eigenvalue weighted by Gasteiger charge is 2.76. The summed E-state index contributed by atoms with van der Waals surface area (Å²) in [6, 6.07) is 0. The fourth-order valence-electron chi connectivity index (χ4n) is 7.79. The van der Waals surface area contributed by atoms with E-state index in [9.17, 15) is 19.8 Å². The molecular formula is C22H32O5. The first-order valence-corrected chi connectivity index (χ1v) is 10.2. The lowest BCUT2D eigenvalue weighted by Gasteiger charge is -2.66. The van der Waals surface area contributed by atoms with Crippen molar-refractivity contribution in [3.63, 3.8) is 0 Å². The van der Waals surface area contributed by atoms with E-state index in [1.165, 1.54) is 6.92 Å². The van der Waals surface area contributed by atoms with Gasteiger partial charge in [-0.3, -0.25) is 9.59 Å². The summed E-state index contributed by atoms with van der Waals surface area (Å²) in [7, 11) is 0. The molecular weight excluding hydrogens is 344 g/mol. The Kier molecular flexibility index (Phi) is 4.01. The van der Waals surface area contributed by atoms with Crippen LogP contribution in [-0.2, 0) is 14.3 Å². The molecule has 2 N–H and O–H groups in total. The van der Waals surface area contributed by atoms with Gasteiger partial charge in [0.05, 0.1) is 17.6 Å². The number of esters is 1. The monoisotopic (exact) mass is 376 g/mol. The molecule has 0 aliphatic heterocycles. The van der Waals surface area contributed by atoms with Crippen molar-refractivity contribution in [1.82, 2.24) is 0 Å². The van der Waals surface area contributed by atoms with E-state index in [0.29, 0.717) is 18.4 Å². The maximum Gasteiger partial charge on any atom is 0.302 e. The molecule has 0 aromatic heterocycles. The van der Waals surface area contributed by atoms with Crippen LogP contribution in [0, 0.1) is 34.0 Å². The van der Waals surface area contributed by atoms with Gasteiger partial charge in [0.25, 0.3) is 0 Å². The molecule has 5 nitrogen and oxygen atoms in total. The summed E-state index contributed by atoms with van der Waals surface area (Å²) < 4.78 is 5.76. The van der Waals surface area contributed by atoms with E-state index in [2.05, 4.69) is 27.4 Å². The van der Waals surface area contributed by atoms with Crippen LogP contribution in [0.3, 0.4) is 0 Å². The third-order valence-corrected chi connectivity index (χ3v) is 8.69. The van der Waals surface area contributed by atoms with Crippen LogP contribution in [0.25, 0.3) is 0 Å². The predicted molar refractivity (Wildman–Crippen MR) is 99.6 cm³/mol. The first kappa shape index (κ1) is 19.1. The number of fused-ring (bicyclic) bond motifs is 3. The molecule has 0 aromatic rings. The van der Waals surface area contributed by atoms with Gasteiger partial charge in [0.15, 0.2) is 5.78 Å². The smallest absolute Gasteiger partial charge is 0.302 e. The number of aliphatic hydroxyl groups excluding tert-OH is 2. The Morgan fingerprint density at radius 3 is 2.48 bits per heavy atom. The number of carbonyl (C=O) groups excluding carboxylic acids is 2. The lowest BCUT2D eigenvalue weighted by molar-refractivity contribution is -0.254. The van der Waals surface area contributed by atoms with E-state index >= 15 is 0 Å². The highest BCUT2D eigenvalue weighted by Crippen LogP contribution is 2.71. The molecule has 4 fully saturated rings. The van der Waals surface area contributed by atoms with Gasteiger partial charge in [-0.05, 0) is 48.0 Å². The summed E-state index contributed by atoms with van der Waals surface area (Å²) in [6.45, 7) is 12.0. The van der Waals surface area contributed by atoms with Crippen molar-refractivity contribution in [2.75, 3.05) is 0 Å². The molecule has 2 bridgehead atoms. The van der Waals surface area contributed by atoms with Gasteiger partial charge in [-0.1, -0.05) is 33.8 Å². The lowest BCUT2D eigenvalue weighted by Crippen LogP contribution is -2.70. The zero-order chi connectivity index (χ0) is 19.9. The van der Waals surface area contributed by atoms with E-state index in [1.807, 2.05) is 0 Å². The number of rotatable bonds is 1. The Morgan fingerprint density at radius 2 is 1.85 bits per heavy atom. The average Bonchev–Trinajstić information content (AvgIpc) is 2.67. The second kappa shape index (κ2) is 5.66. The van der Waals surface area contributed by atoms with Gasteiger partial charge < -0.3 is 14.9 Å². The van der Waals surface area contributed by atoms with Gasteiger partial charge >= 0.3 is 5.97 Å². The summed E-state index contributed by atoms with van der Waals surface area (Å²) in [5, 5.41) is 22.5. The second-order valence-corrected chi connectivity index (χ2v) is 10.4. The van der Waals surface area contributed by atoms with Crippen LogP contribution < -0.4 is 0 Å². The number of hydrogen-bond acceptors (Lipinski definition) is 5. The van der Waals surface area contributed by atoms with Crippen LogP contribution in [-0.4, -0.2) is 40.3 Å². The molecule has 150 valence electrons. The van der Waals surface area contributed by atoms with Crippen LogP contribution >= 0.6 is 0 Å². The molecule has 4 aliphatic carbocycles. The van der Waals surface area contributed by atoms with E-state index in [-0.39, 0.29) is 34.4 Å². The first-order valence-electron chi connectivity index (χ1n) is 10.2. The Balaban J connectivity index is 1.92. The zero-order valence-electron chi connectivity index (χ0n) is 16.8. The van der Waals surface area contributed by atoms with Crippen LogP contribution in [0.15, 0.2) is 12.2 Å². The number of hydrogen-bond donors (Lipinski definition) is 2. The van der Waals surface area contributed by atoms with Gasteiger partial charge in [-0.25, -0.2) is 0 Å². The molecule has 1 spiro atoms. The quantitative estimate of drug-likeness (QED) is 0.543. The van der Waals surface area contributed by atoms with Gasteiger partial charge in [0.1, 0.15) is 6.10 Å². The van der Waals surface area contributed by atoms with Crippen LogP contribution in [0.4, 0.5) is 0 Å². The molecule has 8 atom stereocenters. The molecule has 4 aliphatic rings. The van der Waals surface area contributed by atoms with Crippen molar-refractivity contribution in [3.8, 4) is 0 Å². The predicted octanol–water partition coefficient (Wildman–Crippen LogP) is 2.64. The minimum Gasteiger partial charge on any atom is -0.462 e. The number of Topliss-reactive ketones (excluding diaryl/α,β-unsaturated/α-hetero) is 1. The van der Waals surface area contributed by atoms with E-state index in [0.717, 1.165) is 19.3 Å². The SMILES string of the molecule is C=C1C(=O)C23C(O)CC4C(C)(C)CCCC4(C)C2C(OC(C)=O)CC1C3O. The van der Waals surface area contributed by atoms with E-state index < -0.39 is 29.6 Å². The van der Waals surface area contributed by atoms with Crippen molar-refractivity contribution in [3.05, 3.63) is 12.2 Å². The molecule has 5 heteroatoms. The topological polar surface area (TPSA) is 83.8 Å². The van der Waals surface area contributed by atoms with Crippen LogP contribution in [0.5, 0.6) is 0 Å². The van der Waals surface area contributed by atoms with Crippen LogP contribution in [0.1, 0.15) is 59.8 Å². The Bertz CT molecular complexity index is 711. The van der Waals surface area contributed by atoms with Crippen molar-refractivity contribution in [2.24, 2.45) is 34.0 Å². The van der Waals surface area contributed by atoms with E-state index in [1.54, 1.807) is 0 Å². The van der Waals surface area contributed by atoms with Gasteiger partial charge in [-0.15, -0.1) is 0 Å². The zero-order valence-corrected chi connectivity index (χ0v) is 16.8. The number of ketones is 1. The molecule has 0 heterocycles. The fourth-order valence-corrected chi connectivity index (χ4v) is 7.79. The largest absolute Gasteiger partial charge is 0.462 e. The maximum absolute atomic E-state index is 13.4. The third kappa shape index (κ3) is 2.19. The summed E-state index contributed by atoms with van der Waals surface area (Å²) in [5.74, 6) is -1.22. The summed E-state index contributed by atoms with van der Waals surface area (Å²) in [6.07, 6.45) is 1.55. The minimum atomic E-state index is -1.29. The average molecular weight is 376 g/mol. The van der Waals surface area contributed by atoms with Crippen molar-refractivity contribution in [2.45, 2.75) is 78.1 Å². The Morgan fingerprint density at radius 1 is 1.19 bits per heavy atom. The number of carbonyl (C=O) groups is 2. The normalized spacial score (nSPS) is 50.7. The Hall–Kier alpha value is -1.20. The molecule has 8 unspecified atom stereocenters. The third-order valence-electron chi connectivity index (χ3n) is 8.69. The minimum absolute atomic E-state index is 0.0246. The van der Waals surface area contributed by atoms with Gasteiger partial charge in [0, 0.05) is 18.8 Å². The van der Waals surface area contributed by atoms with Gasteiger partial charge in [-0.2, -0.15) is 0 Å². The second-order valence-electron chi connectivity index (χ2n) is 10.4. The van der Waals surface area contributed by atoms with Crippen molar-refractivity contribution in [1.29, 1.82) is 0 Å². The molecule has 27 heavy (non-hydrogen) atoms. The molecule has 0 saturated heterocycles. The fraction of sp³-hybridized carbons (Fsp3) is 0.818. The van der Waals surface area contributed by atoms with Gasteiger partial charge in [0.2, 0.25) is 0 Å². The Labute approximate surface area is 161 Å². The van der Waals surface area contributed by atoms with Crippen molar-refractivity contribution < 1.29 is 24.5 Å². The highest BCUT2D eigenvalue weighted by atomic mass is 16.5. The standard InChI is InChI=1S/C22H32O5/c1-11-13-9-14(27-12(2)23)17-21(5)8-6-7-20(3,4)15(21)10-16(24)22(17,18(11)25)19(13)26/h13-17,19,24,26H,1,6-10H2,2-5H3. The molecule has 0 amide bonds. The summed E-state index contributed by atoms with van der Waals surface area (Å²) in [5.41, 5.74) is -1.17. The first-order chi connectivity index (χ1) is 12.5. The number of ether oxygens (including phenoxy) is 1.